The lowest BCUT2D eigenvalue weighted by molar-refractivity contribution is -0.932. The number of rotatable bonds is 7. The van der Waals surface area contributed by atoms with Crippen LogP contribution in [0.2, 0.25) is 0 Å². The standard InChI is InChI=1S/C20H27N3O2/c1-2-7-20(24)21-16-18(19-10-6-15-25-19)23-13-11-22(12-14-23)17-8-4-3-5-9-17/h3-6,8-10,15,18H,2,7,11-14,16H2,1H3,(H,21,24)/p+1/t18-/m1/s1. The van der Waals surface area contributed by atoms with E-state index in [4.69, 9.17) is 4.42 Å². The Morgan fingerprint density at radius 1 is 1.20 bits per heavy atom. The number of nitrogens with zero attached hydrogens (tertiary/aromatic N) is 1. The van der Waals surface area contributed by atoms with Crippen LogP contribution in [0.25, 0.3) is 0 Å². The quantitative estimate of drug-likeness (QED) is 0.804. The van der Waals surface area contributed by atoms with Crippen molar-refractivity contribution in [3.63, 3.8) is 0 Å². The van der Waals surface area contributed by atoms with Gasteiger partial charge in [-0.2, -0.15) is 0 Å². The first-order valence-corrected chi connectivity index (χ1v) is 9.22. The van der Waals surface area contributed by atoms with Crippen LogP contribution in [-0.4, -0.2) is 38.6 Å². The molecular formula is C20H28N3O2+. The van der Waals surface area contributed by atoms with Gasteiger partial charge in [0.1, 0.15) is 0 Å². The highest BCUT2D eigenvalue weighted by Crippen LogP contribution is 2.14. The summed E-state index contributed by atoms with van der Waals surface area (Å²) < 4.78 is 5.67. The van der Waals surface area contributed by atoms with Crippen molar-refractivity contribution in [2.45, 2.75) is 25.8 Å². The highest BCUT2D eigenvalue weighted by atomic mass is 16.3. The Bertz CT molecular complexity index is 634. The highest BCUT2D eigenvalue weighted by Gasteiger charge is 2.30. The van der Waals surface area contributed by atoms with E-state index < -0.39 is 0 Å². The maximum Gasteiger partial charge on any atom is 0.220 e. The topological polar surface area (TPSA) is 49.9 Å². The van der Waals surface area contributed by atoms with Gasteiger partial charge in [-0.15, -0.1) is 0 Å². The summed E-state index contributed by atoms with van der Waals surface area (Å²) in [7, 11) is 0. The van der Waals surface area contributed by atoms with Gasteiger partial charge in [0, 0.05) is 12.1 Å². The lowest BCUT2D eigenvalue weighted by Crippen LogP contribution is -3.15. The predicted molar refractivity (Wildman–Crippen MR) is 98.7 cm³/mol. The van der Waals surface area contributed by atoms with E-state index in [0.717, 1.165) is 38.4 Å². The molecule has 2 heterocycles. The van der Waals surface area contributed by atoms with Gasteiger partial charge in [0.25, 0.3) is 0 Å². The summed E-state index contributed by atoms with van der Waals surface area (Å²) in [6, 6.07) is 14.7. The van der Waals surface area contributed by atoms with Gasteiger partial charge in [0.2, 0.25) is 5.91 Å². The summed E-state index contributed by atoms with van der Waals surface area (Å²) in [6.45, 7) is 6.75. The second-order valence-electron chi connectivity index (χ2n) is 6.60. The maximum atomic E-state index is 11.9. The van der Waals surface area contributed by atoms with Gasteiger partial charge in [-0.1, -0.05) is 25.1 Å². The Morgan fingerprint density at radius 3 is 2.60 bits per heavy atom. The molecule has 134 valence electrons. The molecule has 1 aliphatic rings. The number of anilines is 1. The Kier molecular flexibility index (Phi) is 6.12. The first kappa shape index (κ1) is 17.5. The average Bonchev–Trinajstić information content (AvgIpc) is 3.18. The van der Waals surface area contributed by atoms with Crippen LogP contribution in [0.3, 0.4) is 0 Å². The molecule has 0 radical (unpaired) electrons. The number of carbonyl (C=O) groups is 1. The molecular weight excluding hydrogens is 314 g/mol. The van der Waals surface area contributed by atoms with Gasteiger partial charge in [-0.3, -0.25) is 4.79 Å². The van der Waals surface area contributed by atoms with E-state index in [2.05, 4.69) is 40.5 Å². The van der Waals surface area contributed by atoms with Crippen LogP contribution >= 0.6 is 0 Å². The van der Waals surface area contributed by atoms with Crippen molar-refractivity contribution in [1.29, 1.82) is 0 Å². The van der Waals surface area contributed by atoms with Crippen molar-refractivity contribution in [2.24, 2.45) is 0 Å². The van der Waals surface area contributed by atoms with Gasteiger partial charge >= 0.3 is 0 Å². The van der Waals surface area contributed by atoms with Gasteiger partial charge in [-0.05, 0) is 30.7 Å². The number of hydrogen-bond acceptors (Lipinski definition) is 3. The number of piperazine rings is 1. The molecule has 1 aromatic carbocycles. The summed E-state index contributed by atoms with van der Waals surface area (Å²) in [5.74, 6) is 1.08. The van der Waals surface area contributed by atoms with Crippen LogP contribution in [0.5, 0.6) is 0 Å². The van der Waals surface area contributed by atoms with Crippen molar-refractivity contribution < 1.29 is 14.1 Å². The predicted octanol–water partition coefficient (Wildman–Crippen LogP) is 1.64. The Hall–Kier alpha value is -2.27. The Balaban J connectivity index is 1.61. The molecule has 1 saturated heterocycles. The maximum absolute atomic E-state index is 11.9. The third kappa shape index (κ3) is 4.63. The molecule has 5 nitrogen and oxygen atoms in total. The second kappa shape index (κ2) is 8.72. The molecule has 3 rings (SSSR count). The summed E-state index contributed by atoms with van der Waals surface area (Å²) >= 11 is 0. The van der Waals surface area contributed by atoms with E-state index in [9.17, 15) is 4.79 Å². The summed E-state index contributed by atoms with van der Waals surface area (Å²) in [5.41, 5.74) is 1.28. The van der Waals surface area contributed by atoms with E-state index in [-0.39, 0.29) is 11.9 Å². The van der Waals surface area contributed by atoms with Gasteiger partial charge in [0.15, 0.2) is 11.8 Å². The fourth-order valence-electron chi connectivity index (χ4n) is 3.51. The number of hydrogen-bond donors (Lipinski definition) is 2. The molecule has 2 aromatic rings. The molecule has 1 aromatic heterocycles. The zero-order chi connectivity index (χ0) is 17.5. The number of nitrogens with one attached hydrogen (secondary N) is 2. The van der Waals surface area contributed by atoms with E-state index in [1.54, 1.807) is 6.26 Å². The molecule has 25 heavy (non-hydrogen) atoms. The molecule has 1 fully saturated rings. The fourth-order valence-corrected chi connectivity index (χ4v) is 3.51. The number of amides is 1. The minimum absolute atomic E-state index is 0.126. The number of furan rings is 1. The number of para-hydroxylation sites is 1. The zero-order valence-corrected chi connectivity index (χ0v) is 14.9. The Morgan fingerprint density at radius 2 is 1.96 bits per heavy atom. The Labute approximate surface area is 149 Å². The zero-order valence-electron chi connectivity index (χ0n) is 14.9. The minimum Gasteiger partial charge on any atom is -0.463 e. The number of quaternary nitrogens is 1. The van der Waals surface area contributed by atoms with Crippen molar-refractivity contribution in [3.05, 3.63) is 54.5 Å². The summed E-state index contributed by atoms with van der Waals surface area (Å²) in [5, 5.41) is 3.08. The fraction of sp³-hybridized carbons (Fsp3) is 0.450. The lowest BCUT2D eigenvalue weighted by atomic mass is 10.1. The molecule has 0 bridgehead atoms. The van der Waals surface area contributed by atoms with Crippen LogP contribution in [0, 0.1) is 0 Å². The molecule has 0 unspecified atom stereocenters. The molecule has 2 N–H and O–H groups in total. The molecule has 0 aliphatic carbocycles. The molecule has 1 atom stereocenters. The van der Waals surface area contributed by atoms with Crippen molar-refractivity contribution in [2.75, 3.05) is 37.6 Å². The van der Waals surface area contributed by atoms with Crippen molar-refractivity contribution in [1.82, 2.24) is 5.32 Å². The smallest absolute Gasteiger partial charge is 0.220 e. The summed E-state index contributed by atoms with van der Waals surface area (Å²) in [4.78, 5) is 15.8. The molecule has 0 spiro atoms. The first-order chi connectivity index (χ1) is 12.3. The average molecular weight is 342 g/mol. The third-order valence-corrected chi connectivity index (χ3v) is 4.89. The van der Waals surface area contributed by atoms with Crippen molar-refractivity contribution in [3.8, 4) is 0 Å². The third-order valence-electron chi connectivity index (χ3n) is 4.89. The SMILES string of the molecule is CCCC(=O)NC[C@H](c1ccco1)[NH+]1CCN(c2ccccc2)CC1. The van der Waals surface area contributed by atoms with Crippen molar-refractivity contribution >= 4 is 11.6 Å². The van der Waals surface area contributed by atoms with Crippen LogP contribution in [0.15, 0.2) is 53.1 Å². The minimum atomic E-state index is 0.126. The van der Waals surface area contributed by atoms with Crippen LogP contribution in [0.1, 0.15) is 31.6 Å². The second-order valence-corrected chi connectivity index (χ2v) is 6.60. The van der Waals surface area contributed by atoms with E-state index in [1.807, 2.05) is 19.1 Å². The lowest BCUT2D eigenvalue weighted by Gasteiger charge is -2.37. The van der Waals surface area contributed by atoms with Crippen LogP contribution in [0.4, 0.5) is 5.69 Å². The highest BCUT2D eigenvalue weighted by molar-refractivity contribution is 5.75. The largest absolute Gasteiger partial charge is 0.463 e. The number of benzene rings is 1. The van der Waals surface area contributed by atoms with Gasteiger partial charge in [-0.25, -0.2) is 0 Å². The van der Waals surface area contributed by atoms with E-state index in [0.29, 0.717) is 13.0 Å². The monoisotopic (exact) mass is 342 g/mol. The molecule has 5 heteroatoms. The number of carbonyl (C=O) groups excluding carboxylic acids is 1. The van der Waals surface area contributed by atoms with E-state index >= 15 is 0 Å². The summed E-state index contributed by atoms with van der Waals surface area (Å²) in [6.07, 6.45) is 3.18. The van der Waals surface area contributed by atoms with Gasteiger partial charge < -0.3 is 19.5 Å². The molecule has 1 amide bonds. The molecule has 1 aliphatic heterocycles. The van der Waals surface area contributed by atoms with Gasteiger partial charge in [0.05, 0.1) is 39.0 Å². The first-order valence-electron chi connectivity index (χ1n) is 9.22. The van der Waals surface area contributed by atoms with Crippen LogP contribution < -0.4 is 15.1 Å². The van der Waals surface area contributed by atoms with Crippen LogP contribution in [-0.2, 0) is 4.79 Å². The van der Waals surface area contributed by atoms with E-state index in [1.165, 1.54) is 10.6 Å². The normalized spacial score (nSPS) is 16.6. The molecule has 0 saturated carbocycles.